The van der Waals surface area contributed by atoms with E-state index in [1.807, 2.05) is 18.2 Å². The third-order valence-electron chi connectivity index (χ3n) is 4.69. The maximum atomic E-state index is 10.1. The third kappa shape index (κ3) is 3.23. The first-order valence-corrected chi connectivity index (χ1v) is 9.39. The van der Waals surface area contributed by atoms with E-state index in [4.69, 9.17) is 16.3 Å². The molecule has 2 aliphatic carbocycles. The van der Waals surface area contributed by atoms with E-state index in [-0.39, 0.29) is 5.88 Å². The van der Waals surface area contributed by atoms with Crippen LogP contribution in [0.5, 0.6) is 11.6 Å². The van der Waals surface area contributed by atoms with E-state index >= 15 is 0 Å². The lowest BCUT2D eigenvalue weighted by atomic mass is 10.0. The second-order valence-corrected chi connectivity index (χ2v) is 7.82. The van der Waals surface area contributed by atoms with Gasteiger partial charge in [-0.3, -0.25) is 0 Å². The minimum atomic E-state index is 0.101. The second-order valence-electron chi connectivity index (χ2n) is 6.33. The van der Waals surface area contributed by atoms with Crippen LogP contribution in [-0.2, 0) is 6.42 Å². The van der Waals surface area contributed by atoms with Crippen LogP contribution in [0.15, 0.2) is 36.4 Å². The van der Waals surface area contributed by atoms with Crippen molar-refractivity contribution in [2.75, 3.05) is 11.9 Å². The van der Waals surface area contributed by atoms with Crippen molar-refractivity contribution in [3.8, 4) is 11.6 Å². The number of benzene rings is 1. The van der Waals surface area contributed by atoms with Crippen molar-refractivity contribution in [2.45, 2.75) is 25.3 Å². The molecule has 1 aromatic carbocycles. The summed E-state index contributed by atoms with van der Waals surface area (Å²) in [5, 5.41) is 14.9. The monoisotopic (exact) mass is 362 g/mol. The standard InChI is InChI=1S/C18H19ClN2O2S/c19-13-3-1-2-4-15(13)23-8-7-16-17(22)21-18(24-16)20-14-10-11-5-6-12(14)9-11/h1-6,11-12,14,22H,7-10H2,(H,20,21). The molecule has 1 aromatic heterocycles. The van der Waals surface area contributed by atoms with Crippen molar-refractivity contribution in [1.82, 2.24) is 4.98 Å². The Morgan fingerprint density at radius 3 is 2.92 bits per heavy atom. The summed E-state index contributed by atoms with van der Waals surface area (Å²) in [6.45, 7) is 0.454. The summed E-state index contributed by atoms with van der Waals surface area (Å²) >= 11 is 7.57. The smallest absolute Gasteiger partial charge is 0.227 e. The quantitative estimate of drug-likeness (QED) is 0.743. The van der Waals surface area contributed by atoms with Gasteiger partial charge >= 0.3 is 0 Å². The number of aromatic hydroxyl groups is 1. The van der Waals surface area contributed by atoms with Crippen molar-refractivity contribution in [3.05, 3.63) is 46.3 Å². The lowest BCUT2D eigenvalue weighted by Gasteiger charge is -2.18. The van der Waals surface area contributed by atoms with Crippen LogP contribution in [0.2, 0.25) is 5.02 Å². The molecule has 0 amide bonds. The first-order chi connectivity index (χ1) is 11.7. The van der Waals surface area contributed by atoms with Crippen LogP contribution >= 0.6 is 22.9 Å². The number of para-hydroxylation sites is 1. The maximum Gasteiger partial charge on any atom is 0.227 e. The summed E-state index contributed by atoms with van der Waals surface area (Å²) < 4.78 is 5.68. The molecule has 2 N–H and O–H groups in total. The zero-order valence-electron chi connectivity index (χ0n) is 13.1. The number of rotatable bonds is 6. The average molecular weight is 363 g/mol. The zero-order valence-corrected chi connectivity index (χ0v) is 14.7. The summed E-state index contributed by atoms with van der Waals surface area (Å²) in [6, 6.07) is 7.83. The van der Waals surface area contributed by atoms with E-state index in [0.717, 1.165) is 16.4 Å². The molecule has 0 aliphatic heterocycles. The predicted molar refractivity (Wildman–Crippen MR) is 97.2 cm³/mol. The highest BCUT2D eigenvalue weighted by Gasteiger charge is 2.36. The molecule has 4 rings (SSSR count). The molecule has 4 nitrogen and oxygen atoms in total. The van der Waals surface area contributed by atoms with E-state index in [9.17, 15) is 5.11 Å². The Bertz CT molecular complexity index is 761. The van der Waals surface area contributed by atoms with Crippen molar-refractivity contribution in [2.24, 2.45) is 11.8 Å². The normalized spacial score (nSPS) is 24.5. The highest BCUT2D eigenvalue weighted by atomic mass is 35.5. The Kier molecular flexibility index (Phi) is 4.37. The molecule has 3 unspecified atom stereocenters. The summed E-state index contributed by atoms with van der Waals surface area (Å²) in [6.07, 6.45) is 7.63. The average Bonchev–Trinajstić information content (AvgIpc) is 3.26. The van der Waals surface area contributed by atoms with Crippen LogP contribution in [0, 0.1) is 11.8 Å². The molecule has 0 saturated heterocycles. The lowest BCUT2D eigenvalue weighted by molar-refractivity contribution is 0.320. The minimum absolute atomic E-state index is 0.101. The molecular weight excluding hydrogens is 344 g/mol. The van der Waals surface area contributed by atoms with Crippen molar-refractivity contribution >= 4 is 28.1 Å². The number of anilines is 1. The van der Waals surface area contributed by atoms with Crippen LogP contribution in [0.25, 0.3) is 0 Å². The Labute approximate surface area is 150 Å². The zero-order chi connectivity index (χ0) is 16.5. The van der Waals surface area contributed by atoms with Gasteiger partial charge in [0.1, 0.15) is 5.75 Å². The number of allylic oxidation sites excluding steroid dienone is 1. The van der Waals surface area contributed by atoms with Crippen molar-refractivity contribution < 1.29 is 9.84 Å². The number of aromatic nitrogens is 1. The molecule has 1 heterocycles. The number of fused-ring (bicyclic) bond motifs is 2. The fourth-order valence-electron chi connectivity index (χ4n) is 3.49. The topological polar surface area (TPSA) is 54.4 Å². The molecule has 126 valence electrons. The molecule has 2 aliphatic rings. The van der Waals surface area contributed by atoms with Gasteiger partial charge < -0.3 is 15.2 Å². The van der Waals surface area contributed by atoms with Gasteiger partial charge in [0.05, 0.1) is 16.5 Å². The lowest BCUT2D eigenvalue weighted by Crippen LogP contribution is -2.23. The summed E-state index contributed by atoms with van der Waals surface area (Å²) in [7, 11) is 0. The molecule has 0 spiro atoms. The molecule has 0 radical (unpaired) electrons. The van der Waals surface area contributed by atoms with Crippen molar-refractivity contribution in [1.29, 1.82) is 0 Å². The van der Waals surface area contributed by atoms with E-state index in [1.165, 1.54) is 17.8 Å². The van der Waals surface area contributed by atoms with E-state index in [0.29, 0.717) is 41.7 Å². The minimum Gasteiger partial charge on any atom is -0.492 e. The number of halogens is 1. The Hall–Kier alpha value is -1.72. The fourth-order valence-corrected chi connectivity index (χ4v) is 4.58. The Morgan fingerprint density at radius 1 is 1.29 bits per heavy atom. The third-order valence-corrected chi connectivity index (χ3v) is 6.04. The number of ether oxygens (including phenoxy) is 1. The Morgan fingerprint density at radius 2 is 2.17 bits per heavy atom. The van der Waals surface area contributed by atoms with Gasteiger partial charge in [0.2, 0.25) is 5.88 Å². The summed E-state index contributed by atoms with van der Waals surface area (Å²) in [5.41, 5.74) is 0. The van der Waals surface area contributed by atoms with E-state index in [1.54, 1.807) is 6.07 Å². The summed E-state index contributed by atoms with van der Waals surface area (Å²) in [4.78, 5) is 5.09. The number of hydrogen-bond donors (Lipinski definition) is 2. The highest BCUT2D eigenvalue weighted by Crippen LogP contribution is 2.41. The molecular formula is C18H19ClN2O2S. The van der Waals surface area contributed by atoms with Crippen LogP contribution in [0.1, 0.15) is 17.7 Å². The molecule has 3 atom stereocenters. The molecule has 6 heteroatoms. The van der Waals surface area contributed by atoms with Gasteiger partial charge in [-0.25, -0.2) is 0 Å². The number of nitrogens with one attached hydrogen (secondary N) is 1. The Balaban J connectivity index is 1.34. The van der Waals surface area contributed by atoms with Gasteiger partial charge in [-0.1, -0.05) is 47.2 Å². The van der Waals surface area contributed by atoms with Crippen LogP contribution in [0.4, 0.5) is 5.13 Å². The molecule has 2 bridgehead atoms. The van der Waals surface area contributed by atoms with Gasteiger partial charge in [-0.15, -0.1) is 0 Å². The number of nitrogens with zero attached hydrogens (tertiary/aromatic N) is 1. The predicted octanol–water partition coefficient (Wildman–Crippen LogP) is 4.50. The molecule has 24 heavy (non-hydrogen) atoms. The second kappa shape index (κ2) is 6.65. The van der Waals surface area contributed by atoms with Crippen LogP contribution in [-0.4, -0.2) is 22.7 Å². The van der Waals surface area contributed by atoms with Gasteiger partial charge in [-0.05, 0) is 36.8 Å². The van der Waals surface area contributed by atoms with E-state index in [2.05, 4.69) is 22.5 Å². The maximum absolute atomic E-state index is 10.1. The van der Waals surface area contributed by atoms with Crippen LogP contribution in [0.3, 0.4) is 0 Å². The SMILES string of the molecule is Oc1nc(NC2CC3C=CC2C3)sc1CCOc1ccccc1Cl. The summed E-state index contributed by atoms with van der Waals surface area (Å²) in [5.74, 6) is 2.08. The highest BCUT2D eigenvalue weighted by molar-refractivity contribution is 7.15. The first kappa shape index (κ1) is 15.8. The number of hydrogen-bond acceptors (Lipinski definition) is 5. The van der Waals surface area contributed by atoms with Crippen molar-refractivity contribution in [3.63, 3.8) is 0 Å². The largest absolute Gasteiger partial charge is 0.492 e. The van der Waals surface area contributed by atoms with E-state index < -0.39 is 0 Å². The molecule has 1 fully saturated rings. The van der Waals surface area contributed by atoms with Gasteiger partial charge in [-0.2, -0.15) is 4.98 Å². The van der Waals surface area contributed by atoms with Gasteiger partial charge in [0.15, 0.2) is 5.13 Å². The van der Waals surface area contributed by atoms with Gasteiger partial charge in [0, 0.05) is 12.5 Å². The van der Waals surface area contributed by atoms with Crippen LogP contribution < -0.4 is 10.1 Å². The molecule has 1 saturated carbocycles. The fraction of sp³-hybridized carbons (Fsp3) is 0.389. The number of thiazole rings is 1. The first-order valence-electron chi connectivity index (χ1n) is 8.20. The molecule has 2 aromatic rings. The van der Waals surface area contributed by atoms with Gasteiger partial charge in [0.25, 0.3) is 0 Å².